The van der Waals surface area contributed by atoms with Crippen LogP contribution in [0.3, 0.4) is 0 Å². The maximum absolute atomic E-state index is 12.5. The molecule has 0 heterocycles. The molecule has 0 aliphatic carbocycles. The molecular formula is C14H13N3O6S. The second-order valence-electron chi connectivity index (χ2n) is 4.62. The van der Waals surface area contributed by atoms with Crippen molar-refractivity contribution >= 4 is 33.1 Å². The van der Waals surface area contributed by atoms with Crippen LogP contribution in [0.25, 0.3) is 0 Å². The number of nitrogens with one attached hydrogen (secondary N) is 1. The zero-order chi connectivity index (χ0) is 17.9. The monoisotopic (exact) mass is 351 g/mol. The van der Waals surface area contributed by atoms with Gasteiger partial charge in [0.25, 0.3) is 15.7 Å². The SMILES string of the molecule is COC(=O)c1ccccc1S(=O)(=O)Nc1ccc(N)c([N+](=O)[O-])c1. The predicted molar refractivity (Wildman–Crippen MR) is 86.1 cm³/mol. The average Bonchev–Trinajstić information content (AvgIpc) is 2.55. The second-order valence-corrected chi connectivity index (χ2v) is 6.27. The molecule has 126 valence electrons. The minimum absolute atomic E-state index is 0.0597. The normalized spacial score (nSPS) is 10.9. The van der Waals surface area contributed by atoms with Crippen LogP contribution < -0.4 is 10.5 Å². The highest BCUT2D eigenvalue weighted by atomic mass is 32.2. The second kappa shape index (κ2) is 6.54. The van der Waals surface area contributed by atoms with Crippen LogP contribution in [0.2, 0.25) is 0 Å². The molecule has 2 rings (SSSR count). The molecule has 0 radical (unpaired) electrons. The van der Waals surface area contributed by atoms with E-state index in [2.05, 4.69) is 9.46 Å². The lowest BCUT2D eigenvalue weighted by Crippen LogP contribution is -2.17. The summed E-state index contributed by atoms with van der Waals surface area (Å²) in [5.74, 6) is -0.820. The lowest BCUT2D eigenvalue weighted by atomic mass is 10.2. The van der Waals surface area contributed by atoms with Crippen LogP contribution in [0.4, 0.5) is 17.1 Å². The van der Waals surface area contributed by atoms with Crippen molar-refractivity contribution < 1.29 is 22.9 Å². The quantitative estimate of drug-likeness (QED) is 0.362. The van der Waals surface area contributed by atoms with E-state index in [0.717, 1.165) is 13.2 Å². The van der Waals surface area contributed by atoms with Crippen LogP contribution >= 0.6 is 0 Å². The van der Waals surface area contributed by atoms with E-state index < -0.39 is 26.6 Å². The number of hydrogen-bond acceptors (Lipinski definition) is 7. The number of nitrogens with zero attached hydrogens (tertiary/aromatic N) is 1. The molecular weight excluding hydrogens is 338 g/mol. The number of hydrogen-bond donors (Lipinski definition) is 2. The van der Waals surface area contributed by atoms with Gasteiger partial charge < -0.3 is 10.5 Å². The Labute approximate surface area is 137 Å². The lowest BCUT2D eigenvalue weighted by molar-refractivity contribution is -0.383. The number of nitrogen functional groups attached to an aromatic ring is 1. The molecule has 0 aromatic heterocycles. The third-order valence-corrected chi connectivity index (χ3v) is 4.50. The van der Waals surface area contributed by atoms with Gasteiger partial charge in [0, 0.05) is 6.07 Å². The van der Waals surface area contributed by atoms with Crippen molar-refractivity contribution in [1.29, 1.82) is 0 Å². The Bertz CT molecular complexity index is 910. The molecule has 0 atom stereocenters. The van der Waals surface area contributed by atoms with Gasteiger partial charge in [0.15, 0.2) is 0 Å². The van der Waals surface area contributed by atoms with Gasteiger partial charge in [0.1, 0.15) is 10.6 Å². The standard InChI is InChI=1S/C14H13N3O6S/c1-23-14(18)10-4-2-3-5-13(10)24(21,22)16-9-6-7-11(15)12(8-9)17(19)20/h2-8,16H,15H2,1H3. The number of anilines is 2. The van der Waals surface area contributed by atoms with E-state index in [4.69, 9.17) is 5.73 Å². The molecule has 3 N–H and O–H groups in total. The molecule has 0 saturated heterocycles. The van der Waals surface area contributed by atoms with Crippen molar-refractivity contribution in [1.82, 2.24) is 0 Å². The summed E-state index contributed by atoms with van der Waals surface area (Å²) in [6, 6.07) is 8.92. The number of rotatable bonds is 5. The largest absolute Gasteiger partial charge is 0.465 e. The summed E-state index contributed by atoms with van der Waals surface area (Å²) in [4.78, 5) is 21.5. The Morgan fingerprint density at radius 1 is 1.25 bits per heavy atom. The van der Waals surface area contributed by atoms with Crippen LogP contribution in [0, 0.1) is 10.1 Å². The van der Waals surface area contributed by atoms with Crippen molar-refractivity contribution in [3.63, 3.8) is 0 Å². The van der Waals surface area contributed by atoms with Gasteiger partial charge in [0.05, 0.1) is 23.3 Å². The molecule has 0 aliphatic rings. The summed E-state index contributed by atoms with van der Waals surface area (Å²) in [6.07, 6.45) is 0. The number of esters is 1. The Kier molecular flexibility index (Phi) is 4.69. The Balaban J connectivity index is 2.45. The molecule has 24 heavy (non-hydrogen) atoms. The third-order valence-electron chi connectivity index (χ3n) is 3.06. The highest BCUT2D eigenvalue weighted by Gasteiger charge is 2.23. The van der Waals surface area contributed by atoms with Crippen molar-refractivity contribution in [3.05, 3.63) is 58.1 Å². The topological polar surface area (TPSA) is 142 Å². The zero-order valence-electron chi connectivity index (χ0n) is 12.4. The van der Waals surface area contributed by atoms with Gasteiger partial charge in [-0.2, -0.15) is 0 Å². The van der Waals surface area contributed by atoms with Crippen molar-refractivity contribution in [2.24, 2.45) is 0 Å². The molecule has 9 nitrogen and oxygen atoms in total. The van der Waals surface area contributed by atoms with Gasteiger partial charge in [-0.05, 0) is 24.3 Å². The number of benzene rings is 2. The molecule has 2 aromatic rings. The van der Waals surface area contributed by atoms with E-state index in [1.54, 1.807) is 0 Å². The fourth-order valence-electron chi connectivity index (χ4n) is 1.95. The number of nitro benzene ring substituents is 1. The van der Waals surface area contributed by atoms with Crippen LogP contribution in [0.5, 0.6) is 0 Å². The van der Waals surface area contributed by atoms with E-state index in [1.807, 2.05) is 0 Å². The van der Waals surface area contributed by atoms with Gasteiger partial charge >= 0.3 is 5.97 Å². The fourth-order valence-corrected chi connectivity index (χ4v) is 3.20. The molecule has 0 spiro atoms. The van der Waals surface area contributed by atoms with Gasteiger partial charge in [-0.25, -0.2) is 13.2 Å². The number of sulfonamides is 1. The molecule has 0 unspecified atom stereocenters. The fraction of sp³-hybridized carbons (Fsp3) is 0.0714. The van der Waals surface area contributed by atoms with Gasteiger partial charge in [-0.3, -0.25) is 14.8 Å². The maximum atomic E-state index is 12.5. The number of carbonyl (C=O) groups excluding carboxylic acids is 1. The summed E-state index contributed by atoms with van der Waals surface area (Å²) in [6.45, 7) is 0. The first kappa shape index (κ1) is 17.2. The number of nitrogens with two attached hydrogens (primary N) is 1. The zero-order valence-corrected chi connectivity index (χ0v) is 13.2. The summed E-state index contributed by atoms with van der Waals surface area (Å²) in [5.41, 5.74) is 4.72. The van der Waals surface area contributed by atoms with Gasteiger partial charge in [-0.1, -0.05) is 12.1 Å². The first-order chi connectivity index (χ1) is 11.3. The van der Waals surface area contributed by atoms with Crippen LogP contribution in [0.15, 0.2) is 47.4 Å². The van der Waals surface area contributed by atoms with E-state index in [0.29, 0.717) is 0 Å². The Morgan fingerprint density at radius 3 is 2.54 bits per heavy atom. The number of ether oxygens (including phenoxy) is 1. The predicted octanol–water partition coefficient (Wildman–Crippen LogP) is 1.76. The molecule has 0 bridgehead atoms. The highest BCUT2D eigenvalue weighted by molar-refractivity contribution is 7.92. The first-order valence-corrected chi connectivity index (χ1v) is 7.98. The summed E-state index contributed by atoms with van der Waals surface area (Å²) >= 11 is 0. The van der Waals surface area contributed by atoms with Gasteiger partial charge in [-0.15, -0.1) is 0 Å². The third kappa shape index (κ3) is 3.43. The lowest BCUT2D eigenvalue weighted by Gasteiger charge is -2.11. The summed E-state index contributed by atoms with van der Waals surface area (Å²) in [5, 5.41) is 10.9. The van der Waals surface area contributed by atoms with Crippen LogP contribution in [-0.4, -0.2) is 26.4 Å². The minimum atomic E-state index is -4.17. The Morgan fingerprint density at radius 2 is 1.92 bits per heavy atom. The first-order valence-electron chi connectivity index (χ1n) is 6.50. The number of carbonyl (C=O) groups is 1. The molecule has 0 fully saturated rings. The van der Waals surface area contributed by atoms with Crippen LogP contribution in [-0.2, 0) is 14.8 Å². The molecule has 0 aliphatic heterocycles. The number of nitro groups is 1. The summed E-state index contributed by atoms with van der Waals surface area (Å²) < 4.78 is 31.7. The van der Waals surface area contributed by atoms with Crippen molar-refractivity contribution in [2.45, 2.75) is 4.90 Å². The number of methoxy groups -OCH3 is 1. The van der Waals surface area contributed by atoms with Crippen LogP contribution in [0.1, 0.15) is 10.4 Å². The molecule has 10 heteroatoms. The molecule has 0 saturated carbocycles. The minimum Gasteiger partial charge on any atom is -0.465 e. The smallest absolute Gasteiger partial charge is 0.339 e. The van der Waals surface area contributed by atoms with E-state index in [-0.39, 0.29) is 21.8 Å². The Hall–Kier alpha value is -3.14. The van der Waals surface area contributed by atoms with Crippen molar-refractivity contribution in [2.75, 3.05) is 17.6 Å². The molecule has 2 aromatic carbocycles. The average molecular weight is 351 g/mol. The van der Waals surface area contributed by atoms with Gasteiger partial charge in [0.2, 0.25) is 0 Å². The van der Waals surface area contributed by atoms with Crippen molar-refractivity contribution in [3.8, 4) is 0 Å². The van der Waals surface area contributed by atoms with E-state index in [9.17, 15) is 23.3 Å². The molecule has 0 amide bonds. The maximum Gasteiger partial charge on any atom is 0.339 e. The van der Waals surface area contributed by atoms with E-state index >= 15 is 0 Å². The highest BCUT2D eigenvalue weighted by Crippen LogP contribution is 2.27. The summed E-state index contributed by atoms with van der Waals surface area (Å²) in [7, 11) is -3.04. The van der Waals surface area contributed by atoms with E-state index in [1.165, 1.54) is 36.4 Å².